The van der Waals surface area contributed by atoms with Crippen molar-refractivity contribution in [3.63, 3.8) is 0 Å². The lowest BCUT2D eigenvalue weighted by Crippen LogP contribution is -2.15. The summed E-state index contributed by atoms with van der Waals surface area (Å²) in [7, 11) is 0. The molecule has 1 saturated carbocycles. The van der Waals surface area contributed by atoms with Gasteiger partial charge in [0.15, 0.2) is 0 Å². The van der Waals surface area contributed by atoms with Gasteiger partial charge in [-0.15, -0.1) is 0 Å². The topological polar surface area (TPSA) is 52.0 Å². The molecule has 4 N–H and O–H groups in total. The molecule has 2 nitrogen and oxygen atoms in total. The molecule has 0 spiro atoms. The maximum atomic E-state index is 5.96. The van der Waals surface area contributed by atoms with Gasteiger partial charge in [0.05, 0.1) is 0 Å². The van der Waals surface area contributed by atoms with Gasteiger partial charge in [-0.3, -0.25) is 0 Å². The molecule has 1 rings (SSSR count). The Labute approximate surface area is 80.7 Å². The lowest BCUT2D eigenvalue weighted by atomic mass is 9.87. The lowest BCUT2D eigenvalue weighted by molar-refractivity contribution is 0.400. The van der Waals surface area contributed by atoms with Crippen LogP contribution in [0.15, 0.2) is 23.5 Å². The predicted octanol–water partition coefficient (Wildman–Crippen LogP) is 2.27. The monoisotopic (exact) mass is 180 g/mol. The zero-order valence-electron chi connectivity index (χ0n) is 8.42. The summed E-state index contributed by atoms with van der Waals surface area (Å²) in [4.78, 5) is 0. The van der Waals surface area contributed by atoms with Crippen molar-refractivity contribution in [3.8, 4) is 0 Å². The summed E-state index contributed by atoms with van der Waals surface area (Å²) >= 11 is 0. The highest BCUT2D eigenvalue weighted by atomic mass is 14.6. The fourth-order valence-electron chi connectivity index (χ4n) is 1.80. The smallest absolute Gasteiger partial charge is 0.0113 e. The summed E-state index contributed by atoms with van der Waals surface area (Å²) in [6.45, 7) is 1.88. The Morgan fingerprint density at radius 1 is 1.08 bits per heavy atom. The molecule has 0 aromatic carbocycles. The maximum Gasteiger partial charge on any atom is 0.0113 e. The maximum absolute atomic E-state index is 5.96. The highest BCUT2D eigenvalue weighted by Crippen LogP contribution is 2.27. The molecular weight excluding hydrogens is 160 g/mol. The fraction of sp³-hybridized carbons (Fsp3) is 0.636. The van der Waals surface area contributed by atoms with Crippen molar-refractivity contribution in [2.45, 2.75) is 39.0 Å². The molecule has 0 heterocycles. The van der Waals surface area contributed by atoms with Crippen molar-refractivity contribution in [2.24, 2.45) is 17.4 Å². The van der Waals surface area contributed by atoms with E-state index in [9.17, 15) is 0 Å². The minimum Gasteiger partial charge on any atom is -0.402 e. The molecule has 2 heteroatoms. The molecule has 74 valence electrons. The first-order chi connectivity index (χ1) is 6.20. The summed E-state index contributed by atoms with van der Waals surface area (Å²) < 4.78 is 0. The zero-order chi connectivity index (χ0) is 9.68. The molecule has 0 saturated heterocycles. The van der Waals surface area contributed by atoms with Gasteiger partial charge in [-0.25, -0.2) is 0 Å². The quantitative estimate of drug-likeness (QED) is 0.640. The van der Waals surface area contributed by atoms with Gasteiger partial charge in [-0.2, -0.15) is 0 Å². The van der Waals surface area contributed by atoms with Crippen LogP contribution in [0.25, 0.3) is 0 Å². The van der Waals surface area contributed by atoms with Crippen LogP contribution in [0.2, 0.25) is 0 Å². The van der Waals surface area contributed by atoms with Crippen molar-refractivity contribution in [1.82, 2.24) is 0 Å². The molecule has 1 aliphatic carbocycles. The molecule has 0 unspecified atom stereocenters. The third kappa shape index (κ3) is 3.53. The van der Waals surface area contributed by atoms with Crippen molar-refractivity contribution in [3.05, 3.63) is 23.5 Å². The molecule has 0 bridgehead atoms. The van der Waals surface area contributed by atoms with E-state index in [-0.39, 0.29) is 0 Å². The van der Waals surface area contributed by atoms with E-state index in [0.717, 1.165) is 11.4 Å². The van der Waals surface area contributed by atoms with E-state index in [0.29, 0.717) is 5.92 Å². The van der Waals surface area contributed by atoms with Crippen molar-refractivity contribution in [2.75, 3.05) is 0 Å². The van der Waals surface area contributed by atoms with Crippen LogP contribution < -0.4 is 11.5 Å². The predicted molar refractivity (Wildman–Crippen MR) is 56.8 cm³/mol. The molecule has 13 heavy (non-hydrogen) atoms. The normalized spacial score (nSPS) is 21.9. The molecule has 0 amide bonds. The Bertz CT molecular complexity index is 206. The molecule has 0 aliphatic heterocycles. The second-order valence-corrected chi connectivity index (χ2v) is 3.91. The largest absolute Gasteiger partial charge is 0.402 e. The lowest BCUT2D eigenvalue weighted by Gasteiger charge is -2.21. The van der Waals surface area contributed by atoms with Crippen LogP contribution >= 0.6 is 0 Å². The fourth-order valence-corrected chi connectivity index (χ4v) is 1.80. The van der Waals surface area contributed by atoms with E-state index in [1.807, 2.05) is 19.1 Å². The number of hydrogen-bond acceptors (Lipinski definition) is 2. The van der Waals surface area contributed by atoms with Crippen LogP contribution in [-0.4, -0.2) is 0 Å². The number of nitrogens with two attached hydrogens (primary N) is 2. The first-order valence-electron chi connectivity index (χ1n) is 5.09. The Kier molecular flexibility index (Phi) is 3.87. The van der Waals surface area contributed by atoms with Gasteiger partial charge in [-0.1, -0.05) is 19.3 Å². The average molecular weight is 180 g/mol. The minimum atomic E-state index is 0.601. The second kappa shape index (κ2) is 4.95. The van der Waals surface area contributed by atoms with Gasteiger partial charge < -0.3 is 11.5 Å². The van der Waals surface area contributed by atoms with Crippen molar-refractivity contribution >= 4 is 0 Å². The summed E-state index contributed by atoms with van der Waals surface area (Å²) in [6, 6.07) is 0. The van der Waals surface area contributed by atoms with Gasteiger partial charge in [0, 0.05) is 11.4 Å². The Morgan fingerprint density at radius 3 is 2.23 bits per heavy atom. The first-order valence-corrected chi connectivity index (χ1v) is 5.09. The summed E-state index contributed by atoms with van der Waals surface area (Å²) in [5.74, 6) is 0.601. The van der Waals surface area contributed by atoms with E-state index >= 15 is 0 Å². The summed E-state index contributed by atoms with van der Waals surface area (Å²) in [5.41, 5.74) is 13.3. The van der Waals surface area contributed by atoms with Gasteiger partial charge >= 0.3 is 0 Å². The molecule has 0 aromatic heterocycles. The van der Waals surface area contributed by atoms with Gasteiger partial charge in [0.1, 0.15) is 0 Å². The van der Waals surface area contributed by atoms with Crippen LogP contribution in [0.4, 0.5) is 0 Å². The first kappa shape index (κ1) is 10.2. The number of allylic oxidation sites excluding steroid dienone is 4. The molecule has 1 aliphatic rings. The molecule has 0 aromatic rings. The SMILES string of the molecule is C/C(N)=C/C=C(\N)C1CCCCC1. The highest BCUT2D eigenvalue weighted by Gasteiger charge is 2.14. The zero-order valence-corrected chi connectivity index (χ0v) is 8.42. The summed E-state index contributed by atoms with van der Waals surface area (Å²) in [6.07, 6.45) is 10.4. The van der Waals surface area contributed by atoms with E-state index in [2.05, 4.69) is 0 Å². The summed E-state index contributed by atoms with van der Waals surface area (Å²) in [5, 5.41) is 0. The Morgan fingerprint density at radius 2 is 1.69 bits per heavy atom. The van der Waals surface area contributed by atoms with E-state index in [1.165, 1.54) is 32.1 Å². The van der Waals surface area contributed by atoms with Crippen LogP contribution in [0.1, 0.15) is 39.0 Å². The van der Waals surface area contributed by atoms with Crippen molar-refractivity contribution in [1.29, 1.82) is 0 Å². The number of hydrogen-bond donors (Lipinski definition) is 2. The van der Waals surface area contributed by atoms with Gasteiger partial charge in [0.25, 0.3) is 0 Å². The minimum absolute atomic E-state index is 0.601. The van der Waals surface area contributed by atoms with Crippen LogP contribution in [0, 0.1) is 5.92 Å². The van der Waals surface area contributed by atoms with E-state index in [1.54, 1.807) is 0 Å². The number of rotatable bonds is 2. The van der Waals surface area contributed by atoms with Crippen molar-refractivity contribution < 1.29 is 0 Å². The van der Waals surface area contributed by atoms with Gasteiger partial charge in [0.2, 0.25) is 0 Å². The second-order valence-electron chi connectivity index (χ2n) is 3.91. The molecule has 0 atom stereocenters. The Hall–Kier alpha value is -0.920. The third-order valence-electron chi connectivity index (χ3n) is 2.62. The van der Waals surface area contributed by atoms with Crippen LogP contribution in [-0.2, 0) is 0 Å². The standard InChI is InChI=1S/C11H20N2/c1-9(12)7-8-11(13)10-5-3-2-4-6-10/h7-8,10H,2-6,12-13H2,1H3/b9-7-,11-8-. The van der Waals surface area contributed by atoms with Gasteiger partial charge in [-0.05, 0) is 37.8 Å². The van der Waals surface area contributed by atoms with Crippen LogP contribution in [0.5, 0.6) is 0 Å². The Balaban J connectivity index is 2.49. The molecule has 1 fully saturated rings. The highest BCUT2D eigenvalue weighted by molar-refractivity contribution is 5.15. The van der Waals surface area contributed by atoms with E-state index < -0.39 is 0 Å². The molecular formula is C11H20N2. The van der Waals surface area contributed by atoms with Crippen LogP contribution in [0.3, 0.4) is 0 Å². The average Bonchev–Trinajstić information content (AvgIpc) is 2.15. The van der Waals surface area contributed by atoms with E-state index in [4.69, 9.17) is 11.5 Å². The molecule has 0 radical (unpaired) electrons. The third-order valence-corrected chi connectivity index (χ3v) is 2.62.